The number of aliphatic hydroxyl groups is 1. The molecule has 558 valence electrons. The van der Waals surface area contributed by atoms with Gasteiger partial charge in [0.1, 0.15) is 72.8 Å². The van der Waals surface area contributed by atoms with Gasteiger partial charge >= 0.3 is 5.97 Å². The van der Waals surface area contributed by atoms with E-state index in [1.165, 1.54) is 87.7 Å². The zero-order chi connectivity index (χ0) is 75.7. The molecule has 1 aromatic carbocycles. The molecule has 28 heteroatoms. The number of nitrogens with one attached hydrogen (secondary N) is 5. The van der Waals surface area contributed by atoms with Crippen LogP contribution in [0.2, 0.25) is 0 Å². The number of likely N-dealkylation sites (N-methyl/N-ethyl adjacent to an activating group) is 8. The van der Waals surface area contributed by atoms with Crippen LogP contribution < -0.4 is 21.3 Å². The summed E-state index contributed by atoms with van der Waals surface area (Å²) in [7, 11) is 13.5. The van der Waals surface area contributed by atoms with E-state index >= 15 is 19.2 Å². The van der Waals surface area contributed by atoms with E-state index in [1.807, 2.05) is 74.4 Å². The van der Waals surface area contributed by atoms with E-state index in [2.05, 4.69) is 26.3 Å². The van der Waals surface area contributed by atoms with Gasteiger partial charge in [-0.3, -0.25) is 52.7 Å². The molecule has 28 nitrogen and oxygen atoms in total. The molecule has 1 fully saturated rings. The van der Waals surface area contributed by atoms with E-state index in [9.17, 15) is 43.5 Å². The molecular formula is C71H120N14O14. The van der Waals surface area contributed by atoms with Gasteiger partial charge in [0.05, 0.1) is 29.2 Å². The van der Waals surface area contributed by atoms with Crippen LogP contribution in [-0.2, 0) is 63.9 Å². The van der Waals surface area contributed by atoms with Crippen molar-refractivity contribution in [1.29, 1.82) is 0 Å². The van der Waals surface area contributed by atoms with Crippen molar-refractivity contribution in [2.24, 2.45) is 41.4 Å². The van der Waals surface area contributed by atoms with Crippen molar-refractivity contribution < 1.29 is 67.4 Å². The predicted octanol–water partition coefficient (Wildman–Crippen LogP) is 3.14. The van der Waals surface area contributed by atoms with E-state index in [4.69, 9.17) is 9.72 Å². The highest BCUT2D eigenvalue weighted by molar-refractivity contribution is 6.00. The summed E-state index contributed by atoms with van der Waals surface area (Å²) in [4.78, 5) is 194. The monoisotopic (exact) mass is 1390 g/mol. The molecule has 2 aromatic rings. The quantitative estimate of drug-likeness (QED) is 0.110. The Morgan fingerprint density at radius 2 is 1.03 bits per heavy atom. The second kappa shape index (κ2) is 38.2. The average Bonchev–Trinajstić information content (AvgIpc) is 1.50. The number of benzene rings is 1. The summed E-state index contributed by atoms with van der Waals surface area (Å²) in [5, 5.41) is 23.7. The summed E-state index contributed by atoms with van der Waals surface area (Å²) >= 11 is 0. The van der Waals surface area contributed by atoms with Crippen LogP contribution in [0.5, 0.6) is 0 Å². The fourth-order valence-corrected chi connectivity index (χ4v) is 12.3. The van der Waals surface area contributed by atoms with Crippen LogP contribution in [0.3, 0.4) is 0 Å². The van der Waals surface area contributed by atoms with Gasteiger partial charge in [0.25, 0.3) is 0 Å². The summed E-state index contributed by atoms with van der Waals surface area (Å²) in [5.74, 6) is -10.8. The van der Waals surface area contributed by atoms with E-state index < -0.39 is 162 Å². The van der Waals surface area contributed by atoms with Gasteiger partial charge in [-0.15, -0.1) is 0 Å². The van der Waals surface area contributed by atoms with Crippen molar-refractivity contribution in [1.82, 2.24) is 70.4 Å². The average molecular weight is 1390 g/mol. The van der Waals surface area contributed by atoms with Crippen LogP contribution in [0.4, 0.5) is 0 Å². The largest absolute Gasteiger partial charge is 0.461 e. The molecule has 1 aromatic heterocycles. The zero-order valence-electron chi connectivity index (χ0n) is 63.8. The summed E-state index contributed by atoms with van der Waals surface area (Å²) in [5.41, 5.74) is 1.25. The highest BCUT2D eigenvalue weighted by atomic mass is 16.5. The number of H-pyrrole nitrogens is 1. The van der Waals surface area contributed by atoms with Crippen LogP contribution in [0.15, 0.2) is 18.2 Å². The van der Waals surface area contributed by atoms with Crippen molar-refractivity contribution >= 4 is 82.0 Å². The molecule has 11 amide bonds. The molecule has 0 saturated carbocycles. The number of aromatic amines is 1. The number of ether oxygens (including phenoxy) is 1. The Kier molecular flexibility index (Phi) is 32.9. The van der Waals surface area contributed by atoms with E-state index in [1.54, 1.807) is 59.7 Å². The molecule has 3 rings (SSSR count). The summed E-state index contributed by atoms with van der Waals surface area (Å²) in [6, 6.07) is -8.09. The van der Waals surface area contributed by atoms with Gasteiger partial charge < -0.3 is 75.3 Å². The standard InChI is InChI=1S/C71H120N14O14/c1-26-48-66(93)79(19)37-56(86)80(20)51(31-38(2)3)63(90)77-57(42(10)11)69(96)81(21)52(32-39(4)5)62(89)72-45(15)61(88)73-46(16)65(92)82(22)53(33-40(6)7)67(94)83(23)54(34-41(8)9)68(95)84(24)58(43(12)13)70(97)85(25)59(64(91)76-48)60(87)44(14)35-55-74-49-28-27-47(36-50(49)75-55)71(98)99-30-29-78(17)18/h27-28,36,38-46,48,51-54,57-60,87H,26,29-35,37H2,1-25H3,(H,72,89)(H,73,88)(H,74,75)(H,76,91)(H,77,90). The fraction of sp³-hybridized carbons (Fsp3) is 0.732. The Morgan fingerprint density at radius 3 is 1.54 bits per heavy atom. The van der Waals surface area contributed by atoms with Crippen LogP contribution in [0.25, 0.3) is 11.0 Å². The molecule has 0 bridgehead atoms. The second-order valence-corrected chi connectivity index (χ2v) is 29.8. The SMILES string of the molecule is CCC1NC(=O)C(C(O)C(C)Cc2nc3ccc(C(=O)OCCN(C)C)cc3[nH]2)N(C)C(=O)C(C(C)C)N(C)C(=O)C(CC(C)C)N(C)C(=O)C(CC(C)C)N(C)C(=O)C(C)NC(=O)C(C)NC(=O)C(CC(C)C)N(C)C(=O)C(C(C)C)NC(=O)C(CC(C)C)N(C)C(=O)CN(C)C1=O. The smallest absolute Gasteiger partial charge is 0.338 e. The number of carbonyl (C=O) groups excluding carboxylic acids is 12. The third-order valence-corrected chi connectivity index (χ3v) is 18.4. The number of aromatic nitrogens is 2. The van der Waals surface area contributed by atoms with Crippen molar-refractivity contribution in [3.8, 4) is 0 Å². The minimum Gasteiger partial charge on any atom is -0.461 e. The lowest BCUT2D eigenvalue weighted by Gasteiger charge is -2.41. The lowest BCUT2D eigenvalue weighted by molar-refractivity contribution is -0.157. The normalized spacial score (nSPS) is 24.7. The first kappa shape index (κ1) is 85.5. The molecule has 12 unspecified atom stereocenters. The van der Waals surface area contributed by atoms with E-state index in [0.29, 0.717) is 23.4 Å². The van der Waals surface area contributed by atoms with Gasteiger partial charge in [-0.2, -0.15) is 0 Å². The fourth-order valence-electron chi connectivity index (χ4n) is 12.3. The van der Waals surface area contributed by atoms with Crippen LogP contribution in [-0.4, -0.2) is 275 Å². The van der Waals surface area contributed by atoms with Crippen molar-refractivity contribution in [3.63, 3.8) is 0 Å². The van der Waals surface area contributed by atoms with Crippen LogP contribution >= 0.6 is 0 Å². The minimum absolute atomic E-state index is 0.00801. The Balaban J connectivity index is 2.33. The molecule has 0 aliphatic carbocycles. The number of hydrogen-bond acceptors (Lipinski definition) is 16. The molecule has 1 aliphatic rings. The van der Waals surface area contributed by atoms with Gasteiger partial charge in [-0.1, -0.05) is 96.9 Å². The Morgan fingerprint density at radius 1 is 0.556 bits per heavy atom. The molecule has 1 saturated heterocycles. The first-order chi connectivity index (χ1) is 45.9. The van der Waals surface area contributed by atoms with E-state index in [-0.39, 0.29) is 74.4 Å². The number of carbonyl (C=O) groups is 12. The third-order valence-electron chi connectivity index (χ3n) is 18.4. The summed E-state index contributed by atoms with van der Waals surface area (Å²) < 4.78 is 5.45. The summed E-state index contributed by atoms with van der Waals surface area (Å²) in [6.07, 6.45) is -1.26. The first-order valence-electron chi connectivity index (χ1n) is 34.9. The lowest BCUT2D eigenvalue weighted by Crippen LogP contribution is -2.63. The first-order valence-corrected chi connectivity index (χ1v) is 34.9. The molecule has 99 heavy (non-hydrogen) atoms. The summed E-state index contributed by atoms with van der Waals surface area (Å²) in [6.45, 7) is 27.9. The predicted molar refractivity (Wildman–Crippen MR) is 378 cm³/mol. The molecule has 0 spiro atoms. The maximum absolute atomic E-state index is 15.5. The van der Waals surface area contributed by atoms with Crippen LogP contribution in [0, 0.1) is 41.4 Å². The van der Waals surface area contributed by atoms with E-state index in [0.717, 1.165) is 9.80 Å². The Hall–Kier alpha value is -7.75. The van der Waals surface area contributed by atoms with Crippen LogP contribution in [0.1, 0.15) is 159 Å². The molecule has 0 radical (unpaired) electrons. The lowest BCUT2D eigenvalue weighted by atomic mass is 9.91. The number of nitrogens with zero attached hydrogens (tertiary/aromatic N) is 9. The number of fused-ring (bicyclic) bond motifs is 1. The topological polar surface area (TPSA) is 337 Å². The van der Waals surface area contributed by atoms with Crippen molar-refractivity contribution in [2.45, 2.75) is 216 Å². The number of esters is 1. The molecule has 2 heterocycles. The maximum Gasteiger partial charge on any atom is 0.338 e. The van der Waals surface area contributed by atoms with Gasteiger partial charge in [-0.25, -0.2) is 9.78 Å². The zero-order valence-corrected chi connectivity index (χ0v) is 63.8. The molecule has 6 N–H and O–H groups in total. The van der Waals surface area contributed by atoms with Crippen molar-refractivity contribution in [2.75, 3.05) is 83.1 Å². The minimum atomic E-state index is -1.77. The van der Waals surface area contributed by atoms with Gasteiger partial charge in [0.15, 0.2) is 0 Å². The highest BCUT2D eigenvalue weighted by Gasteiger charge is 2.46. The van der Waals surface area contributed by atoms with Gasteiger partial charge in [-0.05, 0) is 120 Å². The number of aliphatic hydroxyl groups excluding tert-OH is 1. The Labute approximate surface area is 587 Å². The maximum atomic E-state index is 15.5. The number of hydrogen-bond donors (Lipinski definition) is 6. The molecule has 1 aliphatic heterocycles. The number of amides is 11. The molecule has 12 atom stereocenters. The van der Waals surface area contributed by atoms with Crippen molar-refractivity contribution in [3.05, 3.63) is 29.6 Å². The molecular weight excluding hydrogens is 1270 g/mol. The number of imidazole rings is 1. The number of rotatable bonds is 19. The Bertz CT molecular complexity index is 3130. The third kappa shape index (κ3) is 23.4. The van der Waals surface area contributed by atoms with Gasteiger partial charge in [0.2, 0.25) is 65.0 Å². The highest BCUT2D eigenvalue weighted by Crippen LogP contribution is 2.27. The van der Waals surface area contributed by atoms with Gasteiger partial charge in [0, 0.05) is 62.3 Å². The second-order valence-electron chi connectivity index (χ2n) is 29.8.